The summed E-state index contributed by atoms with van der Waals surface area (Å²) in [5.41, 5.74) is 1.26. The van der Waals surface area contributed by atoms with Crippen LogP contribution in [0.2, 0.25) is 0 Å². The van der Waals surface area contributed by atoms with E-state index in [-0.39, 0.29) is 24.0 Å². The van der Waals surface area contributed by atoms with Gasteiger partial charge in [0.2, 0.25) is 23.6 Å². The molecule has 3 aliphatic heterocycles. The molecule has 0 aromatic heterocycles. The minimum Gasteiger partial charge on any atom is -0.508 e. The van der Waals surface area contributed by atoms with E-state index in [1.807, 2.05) is 18.2 Å². The standard InChI is InChI=1S/C38H52N6O7/c1-26(39-34(47)31-12-8-18-43(31)36(49)32-13-9-19-44(32)37(50)51-38(2,3)4)33(46)40-30(24-27-14-16-29(45)17-15-27)35(48)42-22-20-41(21-23-42)25-28-10-6-5-7-11-28/h5-7,10-11,14-17,26,30-32,45H,8-9,12-13,18-25H2,1-4H3,(H,39,47)(H,40,46). The average Bonchev–Trinajstić information content (AvgIpc) is 3.80. The van der Waals surface area contributed by atoms with Crippen molar-refractivity contribution in [2.45, 2.75) is 96.1 Å². The number of aromatic hydroxyl groups is 1. The molecule has 276 valence electrons. The Kier molecular flexibility index (Phi) is 12.2. The van der Waals surface area contributed by atoms with Crippen molar-refractivity contribution in [1.82, 2.24) is 30.2 Å². The van der Waals surface area contributed by atoms with Crippen molar-refractivity contribution in [3.05, 3.63) is 65.7 Å². The number of amides is 5. The molecule has 5 rings (SSSR count). The van der Waals surface area contributed by atoms with Gasteiger partial charge in [-0.25, -0.2) is 4.79 Å². The van der Waals surface area contributed by atoms with E-state index in [0.717, 1.165) is 12.1 Å². The molecule has 3 fully saturated rings. The molecule has 3 N–H and O–H groups in total. The summed E-state index contributed by atoms with van der Waals surface area (Å²) in [6.07, 6.45) is 1.85. The van der Waals surface area contributed by atoms with Crippen LogP contribution in [-0.4, -0.2) is 123 Å². The van der Waals surface area contributed by atoms with Crippen molar-refractivity contribution >= 4 is 29.7 Å². The maximum absolute atomic E-state index is 13.9. The van der Waals surface area contributed by atoms with Gasteiger partial charge in [0.05, 0.1) is 0 Å². The van der Waals surface area contributed by atoms with Crippen LogP contribution in [0.1, 0.15) is 64.5 Å². The second-order valence-electron chi connectivity index (χ2n) is 14.8. The summed E-state index contributed by atoms with van der Waals surface area (Å²) < 4.78 is 5.53. The van der Waals surface area contributed by atoms with Gasteiger partial charge in [-0.2, -0.15) is 0 Å². The molecular weight excluding hydrogens is 652 g/mol. The van der Waals surface area contributed by atoms with E-state index < -0.39 is 47.7 Å². The Morgan fingerprint density at radius 2 is 1.43 bits per heavy atom. The molecule has 51 heavy (non-hydrogen) atoms. The summed E-state index contributed by atoms with van der Waals surface area (Å²) in [7, 11) is 0. The normalized spacial score (nSPS) is 20.8. The Morgan fingerprint density at radius 1 is 0.804 bits per heavy atom. The topological polar surface area (TPSA) is 152 Å². The summed E-state index contributed by atoms with van der Waals surface area (Å²) in [4.78, 5) is 74.6. The minimum atomic E-state index is -0.988. The highest BCUT2D eigenvalue weighted by atomic mass is 16.6. The number of carbonyl (C=O) groups is 5. The summed E-state index contributed by atoms with van der Waals surface area (Å²) in [6, 6.07) is 13.3. The second kappa shape index (κ2) is 16.6. The van der Waals surface area contributed by atoms with Gasteiger partial charge in [0.15, 0.2) is 0 Å². The van der Waals surface area contributed by atoms with E-state index >= 15 is 0 Å². The number of phenolic OH excluding ortho intramolecular Hbond substituents is 1. The number of likely N-dealkylation sites (tertiary alicyclic amines) is 2. The number of carbonyl (C=O) groups excluding carboxylic acids is 5. The highest BCUT2D eigenvalue weighted by molar-refractivity contribution is 5.95. The molecule has 4 atom stereocenters. The van der Waals surface area contributed by atoms with Gasteiger partial charge >= 0.3 is 6.09 Å². The van der Waals surface area contributed by atoms with Crippen LogP contribution in [0.4, 0.5) is 4.79 Å². The minimum absolute atomic E-state index is 0.0986. The summed E-state index contributed by atoms with van der Waals surface area (Å²) in [5, 5.41) is 15.4. The first-order chi connectivity index (χ1) is 24.3. The fraction of sp³-hybridized carbons (Fsp3) is 0.553. The van der Waals surface area contributed by atoms with E-state index in [4.69, 9.17) is 4.74 Å². The van der Waals surface area contributed by atoms with Crippen LogP contribution in [0.3, 0.4) is 0 Å². The third-order valence-electron chi connectivity index (χ3n) is 9.68. The van der Waals surface area contributed by atoms with Crippen molar-refractivity contribution in [2.75, 3.05) is 39.3 Å². The van der Waals surface area contributed by atoms with Gasteiger partial charge in [-0.05, 0) is 76.6 Å². The van der Waals surface area contributed by atoms with E-state index in [1.54, 1.807) is 44.7 Å². The molecule has 0 spiro atoms. The molecule has 3 heterocycles. The highest BCUT2D eigenvalue weighted by Gasteiger charge is 2.43. The SMILES string of the molecule is CC(NC(=O)C1CCCN1C(=O)C1CCCN1C(=O)OC(C)(C)C)C(=O)NC(Cc1ccc(O)cc1)C(=O)N1CCN(Cc2ccccc2)CC1. The lowest BCUT2D eigenvalue weighted by molar-refractivity contribution is -0.142. The Labute approximate surface area is 300 Å². The molecule has 4 unspecified atom stereocenters. The van der Waals surface area contributed by atoms with Crippen molar-refractivity contribution in [3.63, 3.8) is 0 Å². The smallest absolute Gasteiger partial charge is 0.410 e. The van der Waals surface area contributed by atoms with E-state index in [0.29, 0.717) is 65.0 Å². The lowest BCUT2D eigenvalue weighted by Crippen LogP contribution is -2.59. The Bertz CT molecular complexity index is 1540. The zero-order chi connectivity index (χ0) is 36.7. The summed E-state index contributed by atoms with van der Waals surface area (Å²) in [5.74, 6) is -1.39. The van der Waals surface area contributed by atoms with Crippen molar-refractivity contribution in [2.24, 2.45) is 0 Å². The van der Waals surface area contributed by atoms with Crippen molar-refractivity contribution in [3.8, 4) is 5.75 Å². The monoisotopic (exact) mass is 704 g/mol. The number of phenols is 1. The van der Waals surface area contributed by atoms with Gasteiger partial charge in [0.1, 0.15) is 35.5 Å². The lowest BCUT2D eigenvalue weighted by Gasteiger charge is -2.37. The summed E-state index contributed by atoms with van der Waals surface area (Å²) >= 11 is 0. The number of piperazine rings is 1. The number of nitrogens with one attached hydrogen (secondary N) is 2. The van der Waals surface area contributed by atoms with Crippen LogP contribution < -0.4 is 10.6 Å². The number of ether oxygens (including phenoxy) is 1. The third-order valence-corrected chi connectivity index (χ3v) is 9.68. The predicted octanol–water partition coefficient (Wildman–Crippen LogP) is 2.66. The fourth-order valence-electron chi connectivity index (χ4n) is 6.99. The second-order valence-corrected chi connectivity index (χ2v) is 14.8. The van der Waals surface area contributed by atoms with Crippen LogP contribution in [-0.2, 0) is 36.9 Å². The zero-order valence-corrected chi connectivity index (χ0v) is 30.2. The summed E-state index contributed by atoms with van der Waals surface area (Å²) in [6.45, 7) is 10.9. The first kappa shape index (κ1) is 37.6. The first-order valence-electron chi connectivity index (χ1n) is 18.0. The average molecular weight is 705 g/mol. The molecule has 0 bridgehead atoms. The van der Waals surface area contributed by atoms with Crippen LogP contribution in [0.25, 0.3) is 0 Å². The molecule has 5 amide bonds. The fourth-order valence-corrected chi connectivity index (χ4v) is 6.99. The van der Waals surface area contributed by atoms with Gasteiger partial charge in [0, 0.05) is 52.2 Å². The number of hydrogen-bond acceptors (Lipinski definition) is 8. The van der Waals surface area contributed by atoms with Crippen LogP contribution in [0.15, 0.2) is 54.6 Å². The van der Waals surface area contributed by atoms with Gasteiger partial charge in [-0.3, -0.25) is 29.0 Å². The van der Waals surface area contributed by atoms with E-state index in [1.165, 1.54) is 27.5 Å². The first-order valence-corrected chi connectivity index (χ1v) is 18.0. The number of rotatable bonds is 10. The van der Waals surface area contributed by atoms with E-state index in [9.17, 15) is 29.1 Å². The molecule has 3 saturated heterocycles. The zero-order valence-electron chi connectivity index (χ0n) is 30.2. The quantitative estimate of drug-likeness (QED) is 0.342. The number of hydrogen-bond donors (Lipinski definition) is 3. The highest BCUT2D eigenvalue weighted by Crippen LogP contribution is 2.27. The molecular formula is C38H52N6O7. The molecule has 0 radical (unpaired) electrons. The lowest BCUT2D eigenvalue weighted by atomic mass is 10.0. The Hall–Kier alpha value is -4.65. The van der Waals surface area contributed by atoms with Crippen LogP contribution in [0, 0.1) is 0 Å². The molecule has 13 nitrogen and oxygen atoms in total. The Morgan fingerprint density at radius 3 is 2.08 bits per heavy atom. The number of nitrogens with zero attached hydrogens (tertiary/aromatic N) is 4. The maximum Gasteiger partial charge on any atom is 0.410 e. The van der Waals surface area contributed by atoms with Gasteiger partial charge in [-0.15, -0.1) is 0 Å². The Balaban J connectivity index is 1.20. The van der Waals surface area contributed by atoms with E-state index in [2.05, 4.69) is 27.7 Å². The third kappa shape index (κ3) is 9.99. The number of benzene rings is 2. The largest absolute Gasteiger partial charge is 0.508 e. The maximum atomic E-state index is 13.9. The van der Waals surface area contributed by atoms with Gasteiger partial charge in [0.25, 0.3) is 0 Å². The molecule has 2 aromatic rings. The predicted molar refractivity (Wildman–Crippen MR) is 190 cm³/mol. The van der Waals surface area contributed by atoms with Crippen LogP contribution >= 0.6 is 0 Å². The van der Waals surface area contributed by atoms with Crippen molar-refractivity contribution in [1.29, 1.82) is 0 Å². The molecule has 3 aliphatic rings. The van der Waals surface area contributed by atoms with Crippen molar-refractivity contribution < 1.29 is 33.8 Å². The molecule has 13 heteroatoms. The molecule has 0 aliphatic carbocycles. The van der Waals surface area contributed by atoms with Gasteiger partial charge in [-0.1, -0.05) is 42.5 Å². The molecule has 2 aromatic carbocycles. The van der Waals surface area contributed by atoms with Crippen LogP contribution in [0.5, 0.6) is 5.75 Å². The molecule has 0 saturated carbocycles. The van der Waals surface area contributed by atoms with Gasteiger partial charge < -0.3 is 30.3 Å².